The molecule has 0 unspecified atom stereocenters. The van der Waals surface area contributed by atoms with Crippen LogP contribution in [0.3, 0.4) is 0 Å². The van der Waals surface area contributed by atoms with E-state index in [0.717, 1.165) is 25.9 Å². The van der Waals surface area contributed by atoms with Gasteiger partial charge in [0.1, 0.15) is 6.61 Å². The molecule has 0 saturated carbocycles. The van der Waals surface area contributed by atoms with Gasteiger partial charge in [-0.1, -0.05) is 149 Å². The predicted octanol–water partition coefficient (Wildman–Crippen LogP) is 10.1. The fraction of sp³-hybridized carbons (Fsp3) is 0.977. The van der Waals surface area contributed by atoms with Crippen molar-refractivity contribution in [3.8, 4) is 0 Å². The molecule has 0 aliphatic carbocycles. The van der Waals surface area contributed by atoms with Crippen LogP contribution in [0.15, 0.2) is 0 Å². The molecule has 0 aromatic carbocycles. The van der Waals surface area contributed by atoms with E-state index in [-0.39, 0.29) is 5.97 Å². The van der Waals surface area contributed by atoms with Crippen LogP contribution in [0.4, 0.5) is 0 Å². The SMILES string of the molecule is CCCCCCCCCCCCCCCCCC(=O)OCCOCCOCCOCCOCCOCCOCCOCCOCCCCCCCCCC. The number of hydrogen-bond donors (Lipinski definition) is 0. The molecule has 0 N–H and O–H groups in total. The Hall–Kier alpha value is -0.850. The molecule has 10 nitrogen and oxygen atoms in total. The highest BCUT2D eigenvalue weighted by Gasteiger charge is 2.03. The number of carbonyl (C=O) groups excluding carboxylic acids is 1. The van der Waals surface area contributed by atoms with Gasteiger partial charge in [-0.05, 0) is 12.8 Å². The third kappa shape index (κ3) is 49.2. The van der Waals surface area contributed by atoms with Crippen molar-refractivity contribution in [3.05, 3.63) is 0 Å². The topological polar surface area (TPSA) is 100 Å². The Labute approximate surface area is 333 Å². The summed E-state index contributed by atoms with van der Waals surface area (Å²) in [5, 5.41) is 0. The molecule has 0 radical (unpaired) electrons. The normalized spacial score (nSPS) is 11.5. The summed E-state index contributed by atoms with van der Waals surface area (Å²) in [6.07, 6.45) is 30.8. The van der Waals surface area contributed by atoms with E-state index in [4.69, 9.17) is 42.6 Å². The summed E-state index contributed by atoms with van der Waals surface area (Å²) in [4.78, 5) is 11.9. The first-order valence-corrected chi connectivity index (χ1v) is 22.6. The molecule has 54 heavy (non-hydrogen) atoms. The fourth-order valence-corrected chi connectivity index (χ4v) is 5.91. The van der Waals surface area contributed by atoms with Crippen LogP contribution in [-0.4, -0.2) is 118 Å². The summed E-state index contributed by atoms with van der Waals surface area (Å²) in [6.45, 7) is 13.5. The Morgan fingerprint density at radius 2 is 0.481 bits per heavy atom. The standard InChI is InChI=1S/C44H88O10/c1-3-5-7-9-11-13-14-15-16-17-18-19-20-22-24-26-44(45)54-43-42-53-41-40-52-39-38-51-37-36-50-35-34-49-33-32-48-31-30-47-29-28-46-27-25-23-21-12-10-8-6-4-2/h3-43H2,1-2H3. The molecular weight excluding hydrogens is 688 g/mol. The molecule has 0 aromatic heterocycles. The van der Waals surface area contributed by atoms with Crippen LogP contribution in [0.5, 0.6) is 0 Å². The van der Waals surface area contributed by atoms with Gasteiger partial charge in [-0.25, -0.2) is 0 Å². The third-order valence-corrected chi connectivity index (χ3v) is 9.22. The smallest absolute Gasteiger partial charge is 0.305 e. The lowest BCUT2D eigenvalue weighted by Crippen LogP contribution is -2.15. The van der Waals surface area contributed by atoms with Gasteiger partial charge >= 0.3 is 5.97 Å². The molecule has 0 bridgehead atoms. The van der Waals surface area contributed by atoms with Gasteiger partial charge in [0.05, 0.1) is 99.1 Å². The molecule has 0 spiro atoms. The van der Waals surface area contributed by atoms with Crippen LogP contribution in [-0.2, 0) is 47.4 Å². The highest BCUT2D eigenvalue weighted by Crippen LogP contribution is 2.14. The van der Waals surface area contributed by atoms with E-state index in [1.54, 1.807) is 0 Å². The van der Waals surface area contributed by atoms with Crippen molar-refractivity contribution in [2.45, 2.75) is 168 Å². The van der Waals surface area contributed by atoms with Gasteiger partial charge in [-0.3, -0.25) is 4.79 Å². The molecule has 0 saturated heterocycles. The summed E-state index contributed by atoms with van der Waals surface area (Å²) in [5.74, 6) is -0.124. The van der Waals surface area contributed by atoms with Crippen molar-refractivity contribution in [2.75, 3.05) is 112 Å². The van der Waals surface area contributed by atoms with Crippen molar-refractivity contribution in [3.63, 3.8) is 0 Å². The van der Waals surface area contributed by atoms with Crippen molar-refractivity contribution < 1.29 is 47.4 Å². The second kappa shape index (κ2) is 50.2. The molecule has 10 heteroatoms. The zero-order chi connectivity index (χ0) is 38.9. The minimum absolute atomic E-state index is 0.124. The van der Waals surface area contributed by atoms with E-state index in [2.05, 4.69) is 13.8 Å². The number of ether oxygens (including phenoxy) is 9. The van der Waals surface area contributed by atoms with E-state index < -0.39 is 0 Å². The summed E-state index contributed by atoms with van der Waals surface area (Å²) < 4.78 is 49.5. The monoisotopic (exact) mass is 777 g/mol. The predicted molar refractivity (Wildman–Crippen MR) is 220 cm³/mol. The molecule has 0 atom stereocenters. The lowest BCUT2D eigenvalue weighted by Gasteiger charge is -2.09. The molecule has 0 amide bonds. The van der Waals surface area contributed by atoms with E-state index in [9.17, 15) is 4.79 Å². The highest BCUT2D eigenvalue weighted by atomic mass is 16.6. The molecule has 0 fully saturated rings. The molecular formula is C44H88O10. The summed E-state index contributed by atoms with van der Waals surface area (Å²) >= 11 is 0. The third-order valence-electron chi connectivity index (χ3n) is 9.22. The van der Waals surface area contributed by atoms with Gasteiger partial charge < -0.3 is 42.6 Å². The average molecular weight is 777 g/mol. The molecule has 0 aromatic rings. The fourth-order valence-electron chi connectivity index (χ4n) is 5.91. The molecule has 324 valence electrons. The van der Waals surface area contributed by atoms with Crippen LogP contribution in [0.1, 0.15) is 168 Å². The maximum atomic E-state index is 11.9. The van der Waals surface area contributed by atoms with Gasteiger partial charge in [-0.15, -0.1) is 0 Å². The summed E-state index contributed by atoms with van der Waals surface area (Å²) in [6, 6.07) is 0. The number of unbranched alkanes of at least 4 members (excludes halogenated alkanes) is 21. The largest absolute Gasteiger partial charge is 0.463 e. The number of carbonyl (C=O) groups is 1. The van der Waals surface area contributed by atoms with Gasteiger partial charge in [0.15, 0.2) is 0 Å². The van der Waals surface area contributed by atoms with E-state index in [0.29, 0.717) is 112 Å². The van der Waals surface area contributed by atoms with E-state index >= 15 is 0 Å². The maximum absolute atomic E-state index is 11.9. The first-order valence-electron chi connectivity index (χ1n) is 22.6. The van der Waals surface area contributed by atoms with Crippen LogP contribution < -0.4 is 0 Å². The highest BCUT2D eigenvalue weighted by molar-refractivity contribution is 5.69. The maximum Gasteiger partial charge on any atom is 0.305 e. The quantitative estimate of drug-likeness (QED) is 0.0439. The molecule has 0 aliphatic rings. The Balaban J connectivity index is 3.12. The zero-order valence-electron chi connectivity index (χ0n) is 35.6. The van der Waals surface area contributed by atoms with E-state index in [1.165, 1.54) is 128 Å². The number of hydrogen-bond acceptors (Lipinski definition) is 10. The first-order chi connectivity index (χ1) is 26.8. The second-order valence-electron chi connectivity index (χ2n) is 14.3. The lowest BCUT2D eigenvalue weighted by atomic mass is 10.0. The Kier molecular flexibility index (Phi) is 49.4. The molecule has 0 aliphatic heterocycles. The van der Waals surface area contributed by atoms with Crippen LogP contribution in [0, 0.1) is 0 Å². The minimum Gasteiger partial charge on any atom is -0.463 e. The van der Waals surface area contributed by atoms with Crippen molar-refractivity contribution >= 4 is 5.97 Å². The van der Waals surface area contributed by atoms with Crippen molar-refractivity contribution in [2.24, 2.45) is 0 Å². The summed E-state index contributed by atoms with van der Waals surface area (Å²) in [7, 11) is 0. The molecule has 0 rings (SSSR count). The molecule has 0 heterocycles. The minimum atomic E-state index is -0.124. The first kappa shape index (κ1) is 53.1. The van der Waals surface area contributed by atoms with Gasteiger partial charge in [0.2, 0.25) is 0 Å². The second-order valence-corrected chi connectivity index (χ2v) is 14.3. The average Bonchev–Trinajstić information content (AvgIpc) is 3.18. The van der Waals surface area contributed by atoms with Gasteiger partial charge in [0.25, 0.3) is 0 Å². The Morgan fingerprint density at radius 3 is 0.778 bits per heavy atom. The Morgan fingerprint density at radius 1 is 0.259 bits per heavy atom. The van der Waals surface area contributed by atoms with Gasteiger partial charge in [0, 0.05) is 13.0 Å². The van der Waals surface area contributed by atoms with Crippen molar-refractivity contribution in [1.82, 2.24) is 0 Å². The van der Waals surface area contributed by atoms with E-state index in [1.807, 2.05) is 0 Å². The zero-order valence-corrected chi connectivity index (χ0v) is 35.6. The van der Waals surface area contributed by atoms with Crippen LogP contribution in [0.25, 0.3) is 0 Å². The van der Waals surface area contributed by atoms with Crippen molar-refractivity contribution in [1.29, 1.82) is 0 Å². The number of rotatable bonds is 49. The summed E-state index contributed by atoms with van der Waals surface area (Å²) in [5.41, 5.74) is 0. The lowest BCUT2D eigenvalue weighted by molar-refractivity contribution is -0.145. The van der Waals surface area contributed by atoms with Crippen LogP contribution >= 0.6 is 0 Å². The van der Waals surface area contributed by atoms with Crippen LogP contribution in [0.2, 0.25) is 0 Å². The van der Waals surface area contributed by atoms with Gasteiger partial charge in [-0.2, -0.15) is 0 Å². The Bertz CT molecular complexity index is 684. The number of esters is 1.